The summed E-state index contributed by atoms with van der Waals surface area (Å²) in [5.41, 5.74) is 0.892. The minimum Gasteiger partial charge on any atom is -0.459 e. The summed E-state index contributed by atoms with van der Waals surface area (Å²) in [4.78, 5) is 29.7. The molecule has 2 aromatic heterocycles. The molecule has 7 nitrogen and oxygen atoms in total. The van der Waals surface area contributed by atoms with Gasteiger partial charge in [-0.15, -0.1) is 0 Å². The van der Waals surface area contributed by atoms with Crippen LogP contribution >= 0.6 is 0 Å². The van der Waals surface area contributed by atoms with Gasteiger partial charge in [-0.1, -0.05) is 6.07 Å². The first kappa shape index (κ1) is 17.2. The fourth-order valence-corrected chi connectivity index (χ4v) is 2.12. The number of aromatic nitrogens is 1. The van der Waals surface area contributed by atoms with Gasteiger partial charge in [0.1, 0.15) is 0 Å². The lowest BCUT2D eigenvalue weighted by Gasteiger charge is -2.21. The lowest BCUT2D eigenvalue weighted by Crippen LogP contribution is -2.34. The van der Waals surface area contributed by atoms with Gasteiger partial charge in [0.05, 0.1) is 18.8 Å². The average Bonchev–Trinajstić information content (AvgIpc) is 3.14. The molecule has 0 spiro atoms. The number of nitrogens with zero attached hydrogens (tertiary/aromatic N) is 3. The van der Waals surface area contributed by atoms with E-state index in [0.29, 0.717) is 13.1 Å². The second-order valence-electron chi connectivity index (χ2n) is 5.07. The third-order valence-corrected chi connectivity index (χ3v) is 3.31. The van der Waals surface area contributed by atoms with Crippen molar-refractivity contribution in [3.05, 3.63) is 54.2 Å². The number of nitriles is 1. The van der Waals surface area contributed by atoms with Gasteiger partial charge in [-0.05, 0) is 23.8 Å². The molecule has 124 valence electrons. The Kier molecular flexibility index (Phi) is 6.53. The number of rotatable bonds is 8. The number of nitrogens with one attached hydrogen (secondary N) is 1. The molecule has 0 aliphatic heterocycles. The third-order valence-electron chi connectivity index (χ3n) is 3.31. The molecule has 0 fully saturated rings. The number of hydrogen-bond acceptors (Lipinski definition) is 5. The number of amides is 2. The summed E-state index contributed by atoms with van der Waals surface area (Å²) in [5.74, 6) is -0.281. The van der Waals surface area contributed by atoms with Crippen LogP contribution in [0.15, 0.2) is 47.3 Å². The maximum atomic E-state index is 12.3. The van der Waals surface area contributed by atoms with Crippen molar-refractivity contribution in [2.75, 3.05) is 13.1 Å². The van der Waals surface area contributed by atoms with E-state index in [1.807, 2.05) is 12.1 Å². The minimum atomic E-state index is -0.358. The molecule has 0 saturated carbocycles. The third kappa shape index (κ3) is 5.25. The minimum absolute atomic E-state index is 0.131. The van der Waals surface area contributed by atoms with Crippen LogP contribution in [0.2, 0.25) is 0 Å². The molecule has 1 N–H and O–H groups in total. The Morgan fingerprint density at radius 1 is 1.33 bits per heavy atom. The van der Waals surface area contributed by atoms with Gasteiger partial charge in [0, 0.05) is 38.4 Å². The lowest BCUT2D eigenvalue weighted by molar-refractivity contribution is -0.131. The van der Waals surface area contributed by atoms with Gasteiger partial charge in [0.15, 0.2) is 5.76 Å². The Balaban J connectivity index is 1.85. The van der Waals surface area contributed by atoms with E-state index in [-0.39, 0.29) is 37.0 Å². The molecular weight excluding hydrogens is 308 g/mol. The second-order valence-corrected chi connectivity index (χ2v) is 5.07. The number of furan rings is 1. The first-order valence-electron chi connectivity index (χ1n) is 7.56. The van der Waals surface area contributed by atoms with Crippen molar-refractivity contribution in [1.29, 1.82) is 5.26 Å². The Labute approximate surface area is 139 Å². The van der Waals surface area contributed by atoms with Crippen LogP contribution in [0.5, 0.6) is 0 Å². The highest BCUT2D eigenvalue weighted by molar-refractivity contribution is 5.91. The topological polar surface area (TPSA) is 99.2 Å². The Morgan fingerprint density at radius 3 is 2.88 bits per heavy atom. The number of carbonyl (C=O) groups is 2. The molecule has 0 bridgehead atoms. The van der Waals surface area contributed by atoms with Crippen molar-refractivity contribution in [3.8, 4) is 6.07 Å². The quantitative estimate of drug-likeness (QED) is 0.796. The van der Waals surface area contributed by atoms with E-state index in [1.54, 1.807) is 35.5 Å². The standard InChI is InChI=1S/C17H18N4O3/c18-7-3-10-21(13-14-4-1-8-19-12-14)16(22)6-9-20-17(23)15-5-2-11-24-15/h1-2,4-5,8,11-12H,3,6,9-10,13H2,(H,20,23). The highest BCUT2D eigenvalue weighted by Gasteiger charge is 2.15. The molecular formula is C17H18N4O3. The van der Waals surface area contributed by atoms with Crippen molar-refractivity contribution in [1.82, 2.24) is 15.2 Å². The van der Waals surface area contributed by atoms with Crippen LogP contribution < -0.4 is 5.32 Å². The van der Waals surface area contributed by atoms with Gasteiger partial charge in [-0.2, -0.15) is 5.26 Å². The van der Waals surface area contributed by atoms with E-state index >= 15 is 0 Å². The van der Waals surface area contributed by atoms with Gasteiger partial charge in [0.25, 0.3) is 5.91 Å². The predicted octanol–water partition coefficient (Wildman–Crippen LogP) is 1.74. The summed E-state index contributed by atoms with van der Waals surface area (Å²) < 4.78 is 4.98. The van der Waals surface area contributed by atoms with Crippen LogP contribution in [-0.4, -0.2) is 34.8 Å². The molecule has 2 amide bonds. The van der Waals surface area contributed by atoms with Gasteiger partial charge in [-0.25, -0.2) is 0 Å². The zero-order chi connectivity index (χ0) is 17.2. The van der Waals surface area contributed by atoms with Crippen molar-refractivity contribution in [3.63, 3.8) is 0 Å². The molecule has 0 saturated heterocycles. The zero-order valence-corrected chi connectivity index (χ0v) is 13.1. The molecule has 2 aromatic rings. The summed E-state index contributed by atoms with van der Waals surface area (Å²) in [6.45, 7) is 0.936. The van der Waals surface area contributed by atoms with E-state index < -0.39 is 0 Å². The smallest absolute Gasteiger partial charge is 0.286 e. The predicted molar refractivity (Wildman–Crippen MR) is 85.5 cm³/mol. The molecule has 2 heterocycles. The largest absolute Gasteiger partial charge is 0.459 e. The first-order chi connectivity index (χ1) is 11.7. The van der Waals surface area contributed by atoms with Crippen molar-refractivity contribution < 1.29 is 14.0 Å². The Hall–Kier alpha value is -3.14. The van der Waals surface area contributed by atoms with E-state index in [1.165, 1.54) is 6.26 Å². The molecule has 0 aliphatic carbocycles. The molecule has 0 atom stereocenters. The van der Waals surface area contributed by atoms with E-state index in [0.717, 1.165) is 5.56 Å². The van der Waals surface area contributed by atoms with Crippen molar-refractivity contribution in [2.24, 2.45) is 0 Å². The summed E-state index contributed by atoms with van der Waals surface area (Å²) in [7, 11) is 0. The summed E-state index contributed by atoms with van der Waals surface area (Å²) in [5, 5.41) is 11.4. The molecule has 0 aliphatic rings. The highest BCUT2D eigenvalue weighted by Crippen LogP contribution is 2.06. The van der Waals surface area contributed by atoms with Gasteiger partial charge in [-0.3, -0.25) is 14.6 Å². The van der Waals surface area contributed by atoms with Crippen LogP contribution in [0.25, 0.3) is 0 Å². The number of carbonyl (C=O) groups excluding carboxylic acids is 2. The van der Waals surface area contributed by atoms with Crippen LogP contribution in [0, 0.1) is 11.3 Å². The van der Waals surface area contributed by atoms with Gasteiger partial charge in [0.2, 0.25) is 5.91 Å². The second kappa shape index (κ2) is 9.10. The fourth-order valence-electron chi connectivity index (χ4n) is 2.12. The summed E-state index contributed by atoms with van der Waals surface area (Å²) in [6, 6.07) is 8.89. The number of hydrogen-bond donors (Lipinski definition) is 1. The van der Waals surface area contributed by atoms with Crippen molar-refractivity contribution >= 4 is 11.8 Å². The van der Waals surface area contributed by atoms with E-state index in [9.17, 15) is 9.59 Å². The highest BCUT2D eigenvalue weighted by atomic mass is 16.3. The maximum absolute atomic E-state index is 12.3. The summed E-state index contributed by atoms with van der Waals surface area (Å²) in [6.07, 6.45) is 5.17. The fraction of sp³-hybridized carbons (Fsp3) is 0.294. The van der Waals surface area contributed by atoms with E-state index in [4.69, 9.17) is 9.68 Å². The molecule has 0 unspecified atom stereocenters. The average molecular weight is 326 g/mol. The molecule has 2 rings (SSSR count). The Morgan fingerprint density at radius 2 is 2.21 bits per heavy atom. The van der Waals surface area contributed by atoms with Crippen molar-refractivity contribution in [2.45, 2.75) is 19.4 Å². The van der Waals surface area contributed by atoms with Gasteiger partial charge < -0.3 is 14.6 Å². The van der Waals surface area contributed by atoms with Crippen LogP contribution in [0.4, 0.5) is 0 Å². The molecule has 24 heavy (non-hydrogen) atoms. The van der Waals surface area contributed by atoms with Crippen LogP contribution in [0.1, 0.15) is 29.0 Å². The number of pyridine rings is 1. The van der Waals surface area contributed by atoms with Crippen LogP contribution in [-0.2, 0) is 11.3 Å². The summed E-state index contributed by atoms with van der Waals surface area (Å²) >= 11 is 0. The van der Waals surface area contributed by atoms with Crippen LogP contribution in [0.3, 0.4) is 0 Å². The molecule has 0 aromatic carbocycles. The molecule has 7 heteroatoms. The first-order valence-corrected chi connectivity index (χ1v) is 7.56. The normalized spacial score (nSPS) is 9.96. The maximum Gasteiger partial charge on any atom is 0.286 e. The van der Waals surface area contributed by atoms with Gasteiger partial charge >= 0.3 is 0 Å². The zero-order valence-electron chi connectivity index (χ0n) is 13.1. The van der Waals surface area contributed by atoms with E-state index in [2.05, 4.69) is 10.3 Å². The molecule has 0 radical (unpaired) electrons. The Bertz CT molecular complexity index is 692. The lowest BCUT2D eigenvalue weighted by atomic mass is 10.2. The SMILES string of the molecule is N#CCCN(Cc1cccnc1)C(=O)CCNC(=O)c1ccco1. The monoisotopic (exact) mass is 326 g/mol.